The number of rotatable bonds is 6. The van der Waals surface area contributed by atoms with Crippen LogP contribution in [0.5, 0.6) is 5.75 Å². The fourth-order valence-corrected chi connectivity index (χ4v) is 2.58. The van der Waals surface area contributed by atoms with Crippen LogP contribution in [0.25, 0.3) is 0 Å². The lowest BCUT2D eigenvalue weighted by molar-refractivity contribution is 0.0832. The summed E-state index contributed by atoms with van der Waals surface area (Å²) in [6.45, 7) is 1.48. The zero-order valence-electron chi connectivity index (χ0n) is 12.6. The van der Waals surface area contributed by atoms with Crippen molar-refractivity contribution in [2.24, 2.45) is 0 Å². The van der Waals surface area contributed by atoms with E-state index in [1.807, 2.05) is 12.1 Å². The molecule has 2 aromatic rings. The van der Waals surface area contributed by atoms with Gasteiger partial charge in [-0.1, -0.05) is 23.7 Å². The van der Waals surface area contributed by atoms with Gasteiger partial charge in [0.05, 0.1) is 11.1 Å². The second-order valence-corrected chi connectivity index (χ2v) is 5.74. The van der Waals surface area contributed by atoms with Crippen LogP contribution in [-0.4, -0.2) is 25.2 Å². The Bertz CT molecular complexity index is 664. The van der Waals surface area contributed by atoms with Crippen molar-refractivity contribution in [3.63, 3.8) is 0 Å². The van der Waals surface area contributed by atoms with Crippen LogP contribution in [0, 0.1) is 0 Å². The van der Waals surface area contributed by atoms with Crippen molar-refractivity contribution in [1.29, 1.82) is 0 Å². The van der Waals surface area contributed by atoms with Gasteiger partial charge in [-0.2, -0.15) is 0 Å². The molecule has 0 unspecified atom stereocenters. The van der Waals surface area contributed by atoms with Gasteiger partial charge < -0.3 is 19.2 Å². The van der Waals surface area contributed by atoms with Gasteiger partial charge in [0, 0.05) is 13.2 Å². The van der Waals surface area contributed by atoms with Gasteiger partial charge in [0.15, 0.2) is 5.76 Å². The Morgan fingerprint density at radius 1 is 1.30 bits per heavy atom. The van der Waals surface area contributed by atoms with E-state index >= 15 is 0 Å². The SMILES string of the molecule is O=C(NC[C@@H]1CCCO1)c1ccc(COc2ccccc2Cl)o1. The lowest BCUT2D eigenvalue weighted by Gasteiger charge is -2.09. The van der Waals surface area contributed by atoms with Gasteiger partial charge >= 0.3 is 0 Å². The van der Waals surface area contributed by atoms with Gasteiger partial charge in [0.1, 0.15) is 18.1 Å². The summed E-state index contributed by atoms with van der Waals surface area (Å²) in [5, 5.41) is 3.35. The topological polar surface area (TPSA) is 60.7 Å². The molecule has 5 nitrogen and oxygen atoms in total. The molecule has 1 saturated heterocycles. The molecule has 122 valence electrons. The van der Waals surface area contributed by atoms with Crippen LogP contribution in [0.4, 0.5) is 0 Å². The van der Waals surface area contributed by atoms with Crippen LogP contribution in [0.2, 0.25) is 5.02 Å². The number of benzene rings is 1. The number of para-hydroxylation sites is 1. The molecule has 0 spiro atoms. The lowest BCUT2D eigenvalue weighted by Crippen LogP contribution is -2.31. The molecule has 6 heteroatoms. The Morgan fingerprint density at radius 2 is 2.17 bits per heavy atom. The van der Waals surface area contributed by atoms with E-state index in [2.05, 4.69) is 5.32 Å². The van der Waals surface area contributed by atoms with Crippen molar-refractivity contribution >= 4 is 17.5 Å². The van der Waals surface area contributed by atoms with Crippen molar-refractivity contribution in [2.75, 3.05) is 13.2 Å². The number of carbonyl (C=O) groups is 1. The van der Waals surface area contributed by atoms with Gasteiger partial charge in [0.2, 0.25) is 0 Å². The normalized spacial score (nSPS) is 17.2. The van der Waals surface area contributed by atoms with E-state index in [1.54, 1.807) is 24.3 Å². The molecule has 1 aromatic carbocycles. The molecule has 1 aromatic heterocycles. The Hall–Kier alpha value is -1.98. The summed E-state index contributed by atoms with van der Waals surface area (Å²) in [4.78, 5) is 12.0. The van der Waals surface area contributed by atoms with Crippen LogP contribution in [0.3, 0.4) is 0 Å². The number of hydrogen-bond acceptors (Lipinski definition) is 4. The lowest BCUT2D eigenvalue weighted by atomic mass is 10.2. The van der Waals surface area contributed by atoms with Gasteiger partial charge in [-0.25, -0.2) is 0 Å². The third kappa shape index (κ3) is 4.27. The van der Waals surface area contributed by atoms with E-state index in [9.17, 15) is 4.79 Å². The fraction of sp³-hybridized carbons (Fsp3) is 0.353. The smallest absolute Gasteiger partial charge is 0.287 e. The van der Waals surface area contributed by atoms with Crippen LogP contribution in [0.15, 0.2) is 40.8 Å². The van der Waals surface area contributed by atoms with Crippen molar-refractivity contribution < 1.29 is 18.7 Å². The maximum absolute atomic E-state index is 12.0. The number of furan rings is 1. The first kappa shape index (κ1) is 15.9. The summed E-state index contributed by atoms with van der Waals surface area (Å²) >= 11 is 6.02. The standard InChI is InChI=1S/C17H18ClNO4/c18-14-5-1-2-6-15(14)22-11-13-7-8-16(23-13)17(20)19-10-12-4-3-9-21-12/h1-2,5-8,12H,3-4,9-11H2,(H,19,20)/t12-/m0/s1. The second-order valence-electron chi connectivity index (χ2n) is 5.33. The predicted molar refractivity (Wildman–Crippen MR) is 85.8 cm³/mol. The van der Waals surface area contributed by atoms with Gasteiger partial charge in [-0.05, 0) is 37.1 Å². The van der Waals surface area contributed by atoms with Crippen molar-refractivity contribution in [3.05, 3.63) is 52.9 Å². The number of halogens is 1. The molecule has 1 N–H and O–H groups in total. The molecule has 0 saturated carbocycles. The monoisotopic (exact) mass is 335 g/mol. The third-order valence-corrected chi connectivity index (χ3v) is 3.92. The number of amides is 1. The molecule has 3 rings (SSSR count). The quantitative estimate of drug-likeness (QED) is 0.878. The Labute approximate surface area is 139 Å². The van der Waals surface area contributed by atoms with Gasteiger partial charge in [0.25, 0.3) is 5.91 Å². The van der Waals surface area contributed by atoms with E-state index in [-0.39, 0.29) is 24.4 Å². The van der Waals surface area contributed by atoms with E-state index in [4.69, 9.17) is 25.5 Å². The molecular formula is C17H18ClNO4. The summed E-state index contributed by atoms with van der Waals surface area (Å²) in [6.07, 6.45) is 2.14. The van der Waals surface area contributed by atoms with Crippen molar-refractivity contribution in [1.82, 2.24) is 5.32 Å². The number of carbonyl (C=O) groups excluding carboxylic acids is 1. The van der Waals surface area contributed by atoms with Gasteiger partial charge in [-0.15, -0.1) is 0 Å². The minimum Gasteiger partial charge on any atom is -0.484 e. The molecular weight excluding hydrogens is 318 g/mol. The highest BCUT2D eigenvalue weighted by Crippen LogP contribution is 2.24. The van der Waals surface area contributed by atoms with E-state index in [1.165, 1.54) is 0 Å². The molecule has 1 fully saturated rings. The number of nitrogens with one attached hydrogen (secondary N) is 1. The Kier molecular flexibility index (Phi) is 5.20. The largest absolute Gasteiger partial charge is 0.484 e. The fourth-order valence-electron chi connectivity index (χ4n) is 2.39. The average Bonchev–Trinajstić information content (AvgIpc) is 3.23. The molecule has 2 heterocycles. The van der Waals surface area contributed by atoms with E-state index < -0.39 is 0 Å². The average molecular weight is 336 g/mol. The van der Waals surface area contributed by atoms with Crippen LogP contribution >= 0.6 is 11.6 Å². The van der Waals surface area contributed by atoms with Gasteiger partial charge in [-0.3, -0.25) is 4.79 Å². The minimum atomic E-state index is -0.246. The molecule has 1 aliphatic heterocycles. The summed E-state index contributed by atoms with van der Waals surface area (Å²) in [6, 6.07) is 10.6. The van der Waals surface area contributed by atoms with Crippen molar-refractivity contribution in [2.45, 2.75) is 25.6 Å². The molecule has 1 amide bonds. The molecule has 23 heavy (non-hydrogen) atoms. The molecule has 0 aliphatic carbocycles. The van der Waals surface area contributed by atoms with Crippen LogP contribution in [0.1, 0.15) is 29.2 Å². The van der Waals surface area contributed by atoms with Crippen LogP contribution in [-0.2, 0) is 11.3 Å². The Morgan fingerprint density at radius 3 is 2.96 bits per heavy atom. The zero-order chi connectivity index (χ0) is 16.1. The third-order valence-electron chi connectivity index (χ3n) is 3.61. The molecule has 1 aliphatic rings. The summed E-state index contributed by atoms with van der Waals surface area (Å²) in [5.74, 6) is 1.16. The second kappa shape index (κ2) is 7.53. The van der Waals surface area contributed by atoms with E-state index in [0.29, 0.717) is 23.1 Å². The summed E-state index contributed by atoms with van der Waals surface area (Å²) in [5.41, 5.74) is 0. The summed E-state index contributed by atoms with van der Waals surface area (Å²) in [7, 11) is 0. The maximum Gasteiger partial charge on any atom is 0.287 e. The zero-order valence-corrected chi connectivity index (χ0v) is 13.3. The highest BCUT2D eigenvalue weighted by atomic mass is 35.5. The first-order valence-electron chi connectivity index (χ1n) is 7.58. The first-order chi connectivity index (χ1) is 11.2. The summed E-state index contributed by atoms with van der Waals surface area (Å²) < 4.78 is 16.5. The van der Waals surface area contributed by atoms with E-state index in [0.717, 1.165) is 19.4 Å². The highest BCUT2D eigenvalue weighted by Gasteiger charge is 2.18. The first-order valence-corrected chi connectivity index (χ1v) is 7.96. The molecule has 0 bridgehead atoms. The molecule has 0 radical (unpaired) electrons. The van der Waals surface area contributed by atoms with Crippen LogP contribution < -0.4 is 10.1 Å². The Balaban J connectivity index is 1.51. The predicted octanol–water partition coefficient (Wildman–Crippen LogP) is 3.42. The minimum absolute atomic E-state index is 0.108. The number of ether oxygens (including phenoxy) is 2. The van der Waals surface area contributed by atoms with Crippen molar-refractivity contribution in [3.8, 4) is 5.75 Å². The maximum atomic E-state index is 12.0. The molecule has 1 atom stereocenters. The number of hydrogen-bond donors (Lipinski definition) is 1. The highest BCUT2D eigenvalue weighted by molar-refractivity contribution is 6.32.